The molecule has 0 aliphatic rings. The highest BCUT2D eigenvalue weighted by Crippen LogP contribution is 2.11. The fraction of sp³-hybridized carbons (Fsp3) is 0.125. The number of rotatable bonds is 2. The Morgan fingerprint density at radius 2 is 1.89 bits per heavy atom. The Morgan fingerprint density at radius 1 is 1.00 bits per heavy atom. The topological polar surface area (TPSA) is 30.7 Å². The van der Waals surface area contributed by atoms with Gasteiger partial charge in [0.2, 0.25) is 0 Å². The van der Waals surface area contributed by atoms with Gasteiger partial charge in [-0.05, 0) is 30.2 Å². The van der Waals surface area contributed by atoms with Gasteiger partial charge in [0.15, 0.2) is 0 Å². The maximum atomic E-state index is 4.36. The third kappa shape index (κ3) is 2.63. The first-order valence-corrected chi connectivity index (χ1v) is 6.23. The molecule has 3 rings (SSSR count). The van der Waals surface area contributed by atoms with Crippen molar-refractivity contribution in [1.29, 1.82) is 0 Å². The average Bonchev–Trinajstić information content (AvgIpc) is 2.88. The number of hydrogen-bond acceptors (Lipinski definition) is 2. The maximum Gasteiger partial charge on any atom is 0.113 e. The number of pyridine rings is 1. The SMILES string of the molecule is C(#Cc1ccccn1)CCn1cnc2ccccc21. The molecule has 3 heteroatoms. The summed E-state index contributed by atoms with van der Waals surface area (Å²) in [4.78, 5) is 8.53. The van der Waals surface area contributed by atoms with E-state index in [-0.39, 0.29) is 0 Å². The molecule has 3 nitrogen and oxygen atoms in total. The molecular formula is C16H13N3. The van der Waals surface area contributed by atoms with E-state index in [9.17, 15) is 0 Å². The van der Waals surface area contributed by atoms with E-state index in [1.807, 2.05) is 42.7 Å². The zero-order valence-electron chi connectivity index (χ0n) is 10.5. The van der Waals surface area contributed by atoms with Gasteiger partial charge in [0.1, 0.15) is 5.69 Å². The first kappa shape index (κ1) is 11.5. The van der Waals surface area contributed by atoms with Crippen LogP contribution in [0.3, 0.4) is 0 Å². The number of aromatic nitrogens is 3. The summed E-state index contributed by atoms with van der Waals surface area (Å²) in [6, 6.07) is 13.9. The van der Waals surface area contributed by atoms with Gasteiger partial charge >= 0.3 is 0 Å². The second-order valence-corrected chi connectivity index (χ2v) is 4.19. The number of para-hydroxylation sites is 2. The Morgan fingerprint density at radius 3 is 2.79 bits per heavy atom. The molecule has 0 bridgehead atoms. The molecule has 0 saturated heterocycles. The average molecular weight is 247 g/mol. The highest BCUT2D eigenvalue weighted by Gasteiger charge is 1.99. The van der Waals surface area contributed by atoms with Crippen LogP contribution in [0.5, 0.6) is 0 Å². The molecule has 0 fully saturated rings. The zero-order valence-corrected chi connectivity index (χ0v) is 10.5. The molecule has 0 radical (unpaired) electrons. The largest absolute Gasteiger partial charge is 0.330 e. The van der Waals surface area contributed by atoms with Crippen molar-refractivity contribution in [1.82, 2.24) is 14.5 Å². The normalized spacial score (nSPS) is 10.1. The van der Waals surface area contributed by atoms with Gasteiger partial charge in [-0.25, -0.2) is 9.97 Å². The molecular weight excluding hydrogens is 234 g/mol. The lowest BCUT2D eigenvalue weighted by atomic mass is 10.3. The van der Waals surface area contributed by atoms with Crippen LogP contribution in [0.2, 0.25) is 0 Å². The predicted octanol–water partition coefficient (Wildman–Crippen LogP) is 2.87. The molecule has 0 aliphatic heterocycles. The number of benzene rings is 1. The molecule has 0 N–H and O–H groups in total. The molecule has 0 saturated carbocycles. The van der Waals surface area contributed by atoms with E-state index < -0.39 is 0 Å². The van der Waals surface area contributed by atoms with Crippen molar-refractivity contribution in [2.75, 3.05) is 0 Å². The van der Waals surface area contributed by atoms with E-state index in [0.717, 1.165) is 29.7 Å². The molecule has 0 spiro atoms. The molecule has 0 aliphatic carbocycles. The van der Waals surface area contributed by atoms with Crippen molar-refractivity contribution in [3.8, 4) is 11.8 Å². The monoisotopic (exact) mass is 247 g/mol. The van der Waals surface area contributed by atoms with Crippen molar-refractivity contribution in [3.63, 3.8) is 0 Å². The Hall–Kier alpha value is -2.60. The van der Waals surface area contributed by atoms with Crippen LogP contribution in [0.25, 0.3) is 11.0 Å². The van der Waals surface area contributed by atoms with E-state index in [1.165, 1.54) is 0 Å². The molecule has 1 aromatic carbocycles. The van der Waals surface area contributed by atoms with E-state index in [2.05, 4.69) is 32.4 Å². The number of imidazole rings is 1. The Kier molecular flexibility index (Phi) is 3.24. The van der Waals surface area contributed by atoms with E-state index >= 15 is 0 Å². The van der Waals surface area contributed by atoms with Crippen molar-refractivity contribution in [3.05, 3.63) is 60.7 Å². The van der Waals surface area contributed by atoms with Gasteiger partial charge in [0, 0.05) is 19.2 Å². The lowest BCUT2D eigenvalue weighted by Gasteiger charge is -1.99. The van der Waals surface area contributed by atoms with Gasteiger partial charge < -0.3 is 4.57 Å². The number of hydrogen-bond donors (Lipinski definition) is 0. The van der Waals surface area contributed by atoms with Gasteiger partial charge in [-0.15, -0.1) is 0 Å². The number of fused-ring (bicyclic) bond motifs is 1. The van der Waals surface area contributed by atoms with Crippen LogP contribution in [-0.2, 0) is 6.54 Å². The smallest absolute Gasteiger partial charge is 0.113 e. The molecule has 0 amide bonds. The summed E-state index contributed by atoms with van der Waals surface area (Å²) in [7, 11) is 0. The summed E-state index contributed by atoms with van der Waals surface area (Å²) in [5, 5.41) is 0. The summed E-state index contributed by atoms with van der Waals surface area (Å²) in [6.07, 6.45) is 4.41. The molecule has 2 heterocycles. The minimum absolute atomic E-state index is 0.789. The van der Waals surface area contributed by atoms with Crippen LogP contribution in [-0.4, -0.2) is 14.5 Å². The Bertz CT molecular complexity index is 733. The van der Waals surface area contributed by atoms with E-state index in [0.29, 0.717) is 0 Å². The summed E-state index contributed by atoms with van der Waals surface area (Å²) < 4.78 is 2.13. The first-order valence-electron chi connectivity index (χ1n) is 6.23. The summed E-state index contributed by atoms with van der Waals surface area (Å²) in [5.74, 6) is 6.20. The van der Waals surface area contributed by atoms with Gasteiger partial charge in [-0.2, -0.15) is 0 Å². The zero-order chi connectivity index (χ0) is 12.9. The molecule has 92 valence electrons. The maximum absolute atomic E-state index is 4.36. The lowest BCUT2D eigenvalue weighted by Crippen LogP contribution is -1.94. The fourth-order valence-electron chi connectivity index (χ4n) is 1.95. The molecule has 0 atom stereocenters. The highest BCUT2D eigenvalue weighted by molar-refractivity contribution is 5.74. The molecule has 3 aromatic rings. The fourth-order valence-corrected chi connectivity index (χ4v) is 1.95. The van der Waals surface area contributed by atoms with Gasteiger partial charge in [0.25, 0.3) is 0 Å². The van der Waals surface area contributed by atoms with Crippen LogP contribution in [0, 0.1) is 11.8 Å². The third-order valence-corrected chi connectivity index (χ3v) is 2.89. The first-order chi connectivity index (χ1) is 9.43. The molecule has 0 unspecified atom stereocenters. The Balaban J connectivity index is 1.69. The van der Waals surface area contributed by atoms with Crippen molar-refractivity contribution < 1.29 is 0 Å². The van der Waals surface area contributed by atoms with Crippen molar-refractivity contribution >= 4 is 11.0 Å². The van der Waals surface area contributed by atoms with Crippen LogP contribution in [0.15, 0.2) is 55.0 Å². The number of nitrogens with zero attached hydrogens (tertiary/aromatic N) is 3. The van der Waals surface area contributed by atoms with Gasteiger partial charge in [-0.3, -0.25) is 0 Å². The van der Waals surface area contributed by atoms with Crippen LogP contribution in [0.4, 0.5) is 0 Å². The third-order valence-electron chi connectivity index (χ3n) is 2.89. The van der Waals surface area contributed by atoms with Crippen LogP contribution in [0.1, 0.15) is 12.1 Å². The van der Waals surface area contributed by atoms with E-state index in [1.54, 1.807) is 6.20 Å². The van der Waals surface area contributed by atoms with Crippen LogP contribution < -0.4 is 0 Å². The second kappa shape index (κ2) is 5.36. The van der Waals surface area contributed by atoms with Gasteiger partial charge in [-0.1, -0.05) is 24.1 Å². The molecule has 2 aromatic heterocycles. The Labute approximate surface area is 111 Å². The minimum atomic E-state index is 0.789. The standard InChI is InChI=1S/C16H13N3/c1-2-10-16-15(9-1)18-13-19(16)12-6-4-8-14-7-3-5-11-17-14/h1-3,5,7,9-11,13H,6,12H2. The predicted molar refractivity (Wildman–Crippen MR) is 75.5 cm³/mol. The molecule has 19 heavy (non-hydrogen) atoms. The van der Waals surface area contributed by atoms with Crippen LogP contribution >= 0.6 is 0 Å². The van der Waals surface area contributed by atoms with Crippen molar-refractivity contribution in [2.24, 2.45) is 0 Å². The summed E-state index contributed by atoms with van der Waals surface area (Å²) >= 11 is 0. The van der Waals surface area contributed by atoms with E-state index in [4.69, 9.17) is 0 Å². The second-order valence-electron chi connectivity index (χ2n) is 4.19. The lowest BCUT2D eigenvalue weighted by molar-refractivity contribution is 0.740. The minimum Gasteiger partial charge on any atom is -0.330 e. The quantitative estimate of drug-likeness (QED) is 0.652. The number of aryl methyl sites for hydroxylation is 1. The summed E-state index contributed by atoms with van der Waals surface area (Å²) in [6.45, 7) is 0.848. The van der Waals surface area contributed by atoms with Gasteiger partial charge in [0.05, 0.1) is 17.4 Å². The highest BCUT2D eigenvalue weighted by atomic mass is 15.0. The summed E-state index contributed by atoms with van der Waals surface area (Å²) in [5.41, 5.74) is 3.00. The van der Waals surface area contributed by atoms with Crippen molar-refractivity contribution in [2.45, 2.75) is 13.0 Å².